The van der Waals surface area contributed by atoms with Crippen LogP contribution in [0.5, 0.6) is 0 Å². The molecular formula is C10H16N2O2. The summed E-state index contributed by atoms with van der Waals surface area (Å²) in [5, 5.41) is 3.62. The second-order valence-corrected chi connectivity index (χ2v) is 3.78. The lowest BCUT2D eigenvalue weighted by Crippen LogP contribution is -2.39. The van der Waals surface area contributed by atoms with E-state index in [4.69, 9.17) is 15.0 Å². The van der Waals surface area contributed by atoms with E-state index in [1.54, 1.807) is 6.20 Å². The normalized spacial score (nSPS) is 27.8. The predicted octanol–water partition coefficient (Wildman–Crippen LogP) is 1.46. The summed E-state index contributed by atoms with van der Waals surface area (Å²) in [5.41, 5.74) is 5.95. The van der Waals surface area contributed by atoms with Gasteiger partial charge in [0.25, 0.3) is 0 Å². The van der Waals surface area contributed by atoms with Gasteiger partial charge in [0.2, 0.25) is 0 Å². The molecule has 1 aromatic heterocycles. The van der Waals surface area contributed by atoms with Gasteiger partial charge in [0.15, 0.2) is 5.76 Å². The van der Waals surface area contributed by atoms with Gasteiger partial charge in [-0.3, -0.25) is 0 Å². The first kappa shape index (κ1) is 9.68. The number of aromatic nitrogens is 1. The minimum Gasteiger partial charge on any atom is -0.369 e. The summed E-state index contributed by atoms with van der Waals surface area (Å²) in [6.07, 6.45) is 6.39. The molecule has 1 fully saturated rings. The molecule has 2 unspecified atom stereocenters. The average Bonchev–Trinajstić information content (AvgIpc) is 2.69. The first-order valence-corrected chi connectivity index (χ1v) is 5.13. The molecule has 1 aromatic rings. The summed E-state index contributed by atoms with van der Waals surface area (Å²) in [6.45, 7) is 0.484. The third kappa shape index (κ3) is 2.33. The van der Waals surface area contributed by atoms with Crippen molar-refractivity contribution in [2.24, 2.45) is 5.73 Å². The lowest BCUT2D eigenvalue weighted by molar-refractivity contribution is -0.00516. The first-order valence-electron chi connectivity index (χ1n) is 5.13. The molecule has 0 bridgehead atoms. The molecule has 0 aliphatic heterocycles. The summed E-state index contributed by atoms with van der Waals surface area (Å²) >= 11 is 0. The molecule has 1 aliphatic rings. The number of ether oxygens (including phenoxy) is 1. The molecule has 0 spiro atoms. The molecule has 2 N–H and O–H groups in total. The molecular weight excluding hydrogens is 180 g/mol. The van der Waals surface area contributed by atoms with Crippen molar-refractivity contribution in [3.63, 3.8) is 0 Å². The average molecular weight is 196 g/mol. The minimum absolute atomic E-state index is 0.187. The highest BCUT2D eigenvalue weighted by Crippen LogP contribution is 2.20. The Labute approximate surface area is 83.4 Å². The Morgan fingerprint density at radius 2 is 2.36 bits per heavy atom. The van der Waals surface area contributed by atoms with E-state index < -0.39 is 0 Å². The number of nitrogens with two attached hydrogens (primary N) is 1. The van der Waals surface area contributed by atoms with E-state index >= 15 is 0 Å². The Morgan fingerprint density at radius 1 is 1.50 bits per heavy atom. The topological polar surface area (TPSA) is 61.3 Å². The van der Waals surface area contributed by atoms with E-state index in [0.717, 1.165) is 18.6 Å². The third-order valence-electron chi connectivity index (χ3n) is 2.68. The van der Waals surface area contributed by atoms with Crippen molar-refractivity contribution in [2.45, 2.75) is 44.4 Å². The van der Waals surface area contributed by atoms with Crippen LogP contribution in [0.2, 0.25) is 0 Å². The van der Waals surface area contributed by atoms with Gasteiger partial charge in [-0.25, -0.2) is 0 Å². The van der Waals surface area contributed by atoms with Crippen molar-refractivity contribution in [2.75, 3.05) is 0 Å². The number of hydrogen-bond acceptors (Lipinski definition) is 4. The van der Waals surface area contributed by atoms with Crippen LogP contribution in [0.4, 0.5) is 0 Å². The van der Waals surface area contributed by atoms with Crippen LogP contribution >= 0.6 is 0 Å². The molecule has 78 valence electrons. The molecule has 1 heterocycles. The number of rotatable bonds is 3. The van der Waals surface area contributed by atoms with E-state index in [1.807, 2.05) is 6.07 Å². The maximum Gasteiger partial charge on any atom is 0.162 e. The molecule has 14 heavy (non-hydrogen) atoms. The van der Waals surface area contributed by atoms with Gasteiger partial charge in [-0.05, 0) is 12.8 Å². The molecule has 1 aliphatic carbocycles. The highest BCUT2D eigenvalue weighted by molar-refractivity contribution is 4.91. The van der Waals surface area contributed by atoms with Gasteiger partial charge in [0, 0.05) is 12.1 Å². The SMILES string of the molecule is NC1CCCCC1OCc1ccno1. The van der Waals surface area contributed by atoms with E-state index in [0.29, 0.717) is 6.61 Å². The summed E-state index contributed by atoms with van der Waals surface area (Å²) < 4.78 is 10.6. The summed E-state index contributed by atoms with van der Waals surface area (Å²) in [7, 11) is 0. The van der Waals surface area contributed by atoms with Gasteiger partial charge in [-0.15, -0.1) is 0 Å². The molecule has 2 atom stereocenters. The monoisotopic (exact) mass is 196 g/mol. The third-order valence-corrected chi connectivity index (χ3v) is 2.68. The summed E-state index contributed by atoms with van der Waals surface area (Å²) in [5.74, 6) is 0.766. The van der Waals surface area contributed by atoms with Crippen LogP contribution < -0.4 is 5.73 Å². The molecule has 4 nitrogen and oxygen atoms in total. The van der Waals surface area contributed by atoms with Gasteiger partial charge in [-0.2, -0.15) is 0 Å². The van der Waals surface area contributed by atoms with Gasteiger partial charge >= 0.3 is 0 Å². The van der Waals surface area contributed by atoms with E-state index in [9.17, 15) is 0 Å². The van der Waals surface area contributed by atoms with Crippen LogP contribution in [-0.4, -0.2) is 17.3 Å². The van der Waals surface area contributed by atoms with Crippen LogP contribution in [0, 0.1) is 0 Å². The maximum absolute atomic E-state index is 5.95. The van der Waals surface area contributed by atoms with E-state index in [-0.39, 0.29) is 12.1 Å². The lowest BCUT2D eigenvalue weighted by Gasteiger charge is -2.28. The van der Waals surface area contributed by atoms with E-state index in [2.05, 4.69) is 5.16 Å². The lowest BCUT2D eigenvalue weighted by atomic mass is 9.93. The fourth-order valence-electron chi connectivity index (χ4n) is 1.84. The Kier molecular flexibility index (Phi) is 3.16. The van der Waals surface area contributed by atoms with Gasteiger partial charge in [-0.1, -0.05) is 18.0 Å². The molecule has 1 saturated carbocycles. The Morgan fingerprint density at radius 3 is 3.07 bits per heavy atom. The van der Waals surface area contributed by atoms with Crippen LogP contribution in [0.1, 0.15) is 31.4 Å². The number of nitrogens with zero attached hydrogens (tertiary/aromatic N) is 1. The minimum atomic E-state index is 0.187. The zero-order valence-electron chi connectivity index (χ0n) is 8.19. The van der Waals surface area contributed by atoms with Gasteiger partial charge in [0.1, 0.15) is 6.61 Å². The molecule has 2 rings (SSSR count). The van der Waals surface area contributed by atoms with E-state index in [1.165, 1.54) is 12.8 Å². The second-order valence-electron chi connectivity index (χ2n) is 3.78. The molecule has 0 saturated heterocycles. The molecule has 0 amide bonds. The summed E-state index contributed by atoms with van der Waals surface area (Å²) in [4.78, 5) is 0. The van der Waals surface area contributed by atoms with Crippen LogP contribution in [-0.2, 0) is 11.3 Å². The van der Waals surface area contributed by atoms with Crippen molar-refractivity contribution >= 4 is 0 Å². The van der Waals surface area contributed by atoms with Crippen molar-refractivity contribution in [1.82, 2.24) is 5.16 Å². The maximum atomic E-state index is 5.95. The van der Waals surface area contributed by atoms with Gasteiger partial charge in [0.05, 0.1) is 12.3 Å². The smallest absolute Gasteiger partial charge is 0.162 e. The van der Waals surface area contributed by atoms with Crippen LogP contribution in [0.15, 0.2) is 16.8 Å². The largest absolute Gasteiger partial charge is 0.369 e. The quantitative estimate of drug-likeness (QED) is 0.795. The Balaban J connectivity index is 1.79. The molecule has 4 heteroatoms. The Hall–Kier alpha value is -0.870. The van der Waals surface area contributed by atoms with Crippen molar-refractivity contribution in [3.8, 4) is 0 Å². The first-order chi connectivity index (χ1) is 6.86. The zero-order valence-corrected chi connectivity index (χ0v) is 8.19. The van der Waals surface area contributed by atoms with Gasteiger partial charge < -0.3 is 15.0 Å². The predicted molar refractivity (Wildman–Crippen MR) is 51.5 cm³/mol. The zero-order chi connectivity index (χ0) is 9.80. The van der Waals surface area contributed by atoms with Crippen molar-refractivity contribution < 1.29 is 9.26 Å². The highest BCUT2D eigenvalue weighted by Gasteiger charge is 2.22. The standard InChI is InChI=1S/C10H16N2O2/c11-9-3-1-2-4-10(9)13-7-8-5-6-12-14-8/h5-6,9-10H,1-4,7,11H2. The fraction of sp³-hybridized carbons (Fsp3) is 0.700. The highest BCUT2D eigenvalue weighted by atomic mass is 16.5. The van der Waals surface area contributed by atoms with Crippen LogP contribution in [0.25, 0.3) is 0 Å². The Bertz CT molecular complexity index is 261. The second kappa shape index (κ2) is 4.57. The number of hydrogen-bond donors (Lipinski definition) is 1. The fourth-order valence-corrected chi connectivity index (χ4v) is 1.84. The molecule has 0 aromatic carbocycles. The van der Waals surface area contributed by atoms with Crippen molar-refractivity contribution in [1.29, 1.82) is 0 Å². The van der Waals surface area contributed by atoms with Crippen LogP contribution in [0.3, 0.4) is 0 Å². The molecule has 0 radical (unpaired) electrons. The van der Waals surface area contributed by atoms with Crippen molar-refractivity contribution in [3.05, 3.63) is 18.0 Å². The summed E-state index contributed by atoms with van der Waals surface area (Å²) in [6, 6.07) is 2.00.